The quantitative estimate of drug-likeness (QED) is 0.358. The van der Waals surface area contributed by atoms with Gasteiger partial charge in [-0.3, -0.25) is 14.4 Å². The summed E-state index contributed by atoms with van der Waals surface area (Å²) in [6.45, 7) is 6.42. The molecule has 216 valence electrons. The minimum Gasteiger partial charge on any atom is -0.483 e. The largest absolute Gasteiger partial charge is 0.483 e. The third kappa shape index (κ3) is 7.54. The third-order valence-electron chi connectivity index (χ3n) is 7.98. The van der Waals surface area contributed by atoms with Crippen LogP contribution in [0.4, 0.5) is 0 Å². The summed E-state index contributed by atoms with van der Waals surface area (Å²) in [6, 6.07) is 24.1. The van der Waals surface area contributed by atoms with E-state index in [9.17, 15) is 14.4 Å². The lowest BCUT2D eigenvalue weighted by Crippen LogP contribution is -2.54. The Balaban J connectivity index is 1.55. The first-order valence-electron chi connectivity index (χ1n) is 14.4. The van der Waals surface area contributed by atoms with Crippen molar-refractivity contribution in [1.29, 1.82) is 0 Å². The molecule has 0 aromatic heterocycles. The van der Waals surface area contributed by atoms with Gasteiger partial charge in [-0.15, -0.1) is 0 Å². The number of aryl methyl sites for hydroxylation is 1. The average molecular weight is 556 g/mol. The van der Waals surface area contributed by atoms with Gasteiger partial charge in [-0.25, -0.2) is 0 Å². The number of ether oxygens (including phenoxy) is 1. The number of carbonyl (C=O) groups excluding carboxylic acids is 3. The molecule has 2 N–H and O–H groups in total. The summed E-state index contributed by atoms with van der Waals surface area (Å²) < 4.78 is 5.95. The maximum Gasteiger partial charge on any atom is 0.258 e. The number of para-hydroxylation sites is 1. The van der Waals surface area contributed by atoms with Gasteiger partial charge in [-0.05, 0) is 48.4 Å². The number of nitrogens with zero attached hydrogens (tertiary/aromatic N) is 1. The molecule has 3 aromatic rings. The van der Waals surface area contributed by atoms with Crippen LogP contribution in [-0.2, 0) is 20.8 Å². The van der Waals surface area contributed by atoms with E-state index in [-0.39, 0.29) is 30.2 Å². The van der Waals surface area contributed by atoms with Gasteiger partial charge in [0.25, 0.3) is 5.91 Å². The molecule has 0 spiro atoms. The van der Waals surface area contributed by atoms with Crippen LogP contribution >= 0.6 is 0 Å². The number of hydrogen-bond donors (Lipinski definition) is 2. The Bertz CT molecular complexity index is 1340. The normalized spacial score (nSPS) is 17.9. The first-order valence-corrected chi connectivity index (χ1v) is 14.4. The highest BCUT2D eigenvalue weighted by molar-refractivity contribution is 5.93. The summed E-state index contributed by atoms with van der Waals surface area (Å²) in [4.78, 5) is 41.9. The van der Waals surface area contributed by atoms with Gasteiger partial charge < -0.3 is 20.3 Å². The van der Waals surface area contributed by atoms with Crippen molar-refractivity contribution in [2.45, 2.75) is 64.0 Å². The Morgan fingerprint density at radius 2 is 1.73 bits per heavy atom. The number of carbonyl (C=O) groups is 3. The van der Waals surface area contributed by atoms with E-state index in [2.05, 4.69) is 24.5 Å². The number of benzene rings is 3. The van der Waals surface area contributed by atoms with Crippen LogP contribution in [0.25, 0.3) is 0 Å². The molecule has 1 aliphatic rings. The van der Waals surface area contributed by atoms with Crippen molar-refractivity contribution in [2.24, 2.45) is 0 Å². The van der Waals surface area contributed by atoms with Crippen LogP contribution in [0.5, 0.6) is 5.75 Å². The molecule has 1 unspecified atom stereocenters. The van der Waals surface area contributed by atoms with E-state index in [1.165, 1.54) is 0 Å². The van der Waals surface area contributed by atoms with Crippen molar-refractivity contribution in [3.63, 3.8) is 0 Å². The van der Waals surface area contributed by atoms with Crippen molar-refractivity contribution in [1.82, 2.24) is 15.5 Å². The summed E-state index contributed by atoms with van der Waals surface area (Å²) in [7, 11) is 1.58. The first-order chi connectivity index (χ1) is 19.8. The Morgan fingerprint density at radius 1 is 1.00 bits per heavy atom. The maximum absolute atomic E-state index is 14.1. The smallest absolute Gasteiger partial charge is 0.258 e. The zero-order chi connectivity index (χ0) is 29.4. The molecule has 0 bridgehead atoms. The second kappa shape index (κ2) is 14.0. The van der Waals surface area contributed by atoms with E-state index >= 15 is 0 Å². The number of nitrogens with one attached hydrogen (secondary N) is 2. The lowest BCUT2D eigenvalue weighted by molar-refractivity contribution is -0.141. The van der Waals surface area contributed by atoms with Crippen molar-refractivity contribution < 1.29 is 19.1 Å². The zero-order valence-electron chi connectivity index (χ0n) is 24.4. The molecule has 4 rings (SSSR count). The molecule has 0 radical (unpaired) electrons. The number of hydrogen-bond acceptors (Lipinski definition) is 4. The van der Waals surface area contributed by atoms with Gasteiger partial charge in [0.2, 0.25) is 11.8 Å². The van der Waals surface area contributed by atoms with Crippen LogP contribution in [0.3, 0.4) is 0 Å². The summed E-state index contributed by atoms with van der Waals surface area (Å²) in [6.07, 6.45) is 1.78. The van der Waals surface area contributed by atoms with Gasteiger partial charge in [-0.1, -0.05) is 92.2 Å². The number of likely N-dealkylation sites (N-methyl/N-ethyl adjacent to an activating group) is 1. The Labute approximate surface area is 243 Å². The summed E-state index contributed by atoms with van der Waals surface area (Å²) in [5.74, 6) is 0.125. The molecule has 0 aliphatic carbocycles. The van der Waals surface area contributed by atoms with Crippen molar-refractivity contribution in [3.8, 4) is 5.75 Å². The number of rotatable bonds is 11. The fourth-order valence-corrected chi connectivity index (χ4v) is 5.55. The van der Waals surface area contributed by atoms with Crippen LogP contribution in [0.15, 0.2) is 78.9 Å². The predicted octanol–water partition coefficient (Wildman–Crippen LogP) is 4.75. The fraction of sp³-hybridized carbons (Fsp3) is 0.382. The van der Waals surface area contributed by atoms with Crippen molar-refractivity contribution in [2.75, 3.05) is 20.2 Å². The molecule has 4 atom stereocenters. The maximum atomic E-state index is 14.1. The third-order valence-corrected chi connectivity index (χ3v) is 7.98. The van der Waals surface area contributed by atoms with Crippen LogP contribution in [0.1, 0.15) is 60.8 Å². The summed E-state index contributed by atoms with van der Waals surface area (Å²) in [5.41, 5.74) is 4.14. The van der Waals surface area contributed by atoms with Crippen LogP contribution in [0.2, 0.25) is 0 Å². The zero-order valence-corrected chi connectivity index (χ0v) is 24.4. The minimum absolute atomic E-state index is 0.0261. The second-order valence-corrected chi connectivity index (χ2v) is 10.9. The second-order valence-electron chi connectivity index (χ2n) is 10.9. The van der Waals surface area contributed by atoms with E-state index in [1.807, 2.05) is 85.8 Å². The Kier molecular flexibility index (Phi) is 10.2. The molecule has 1 heterocycles. The molecule has 3 amide bonds. The predicted molar refractivity (Wildman–Crippen MR) is 161 cm³/mol. The Hall–Kier alpha value is -4.13. The highest BCUT2D eigenvalue weighted by Crippen LogP contribution is 2.33. The molecule has 1 saturated heterocycles. The van der Waals surface area contributed by atoms with Crippen LogP contribution in [-0.4, -0.2) is 54.9 Å². The van der Waals surface area contributed by atoms with E-state index in [0.29, 0.717) is 31.1 Å². The molecule has 3 aromatic carbocycles. The van der Waals surface area contributed by atoms with Crippen molar-refractivity contribution >= 4 is 17.7 Å². The van der Waals surface area contributed by atoms with E-state index in [4.69, 9.17) is 4.74 Å². The minimum atomic E-state index is -0.848. The number of likely N-dealkylation sites (tertiary alicyclic amines) is 1. The lowest BCUT2D eigenvalue weighted by atomic mass is 9.96. The van der Waals surface area contributed by atoms with E-state index < -0.39 is 12.1 Å². The average Bonchev–Trinajstić information content (AvgIpc) is 3.45. The van der Waals surface area contributed by atoms with Gasteiger partial charge in [-0.2, -0.15) is 0 Å². The Morgan fingerprint density at radius 3 is 2.44 bits per heavy atom. The molecule has 1 aliphatic heterocycles. The molecular formula is C34H41N3O4. The van der Waals surface area contributed by atoms with Gasteiger partial charge in [0, 0.05) is 25.9 Å². The standard InChI is InChI=1S/C34H41N3O4/c1-5-24(3)28-16-9-10-17-31(28)41-22-32(38)36-29(19-25-13-11-12-23(2)18-25)34(40)37-21-27(20-30(37)33(39)35-4)26-14-7-6-8-15-26/h6-18,24,27,29-30H,5,19-22H2,1-4H3,(H,35,39)(H,36,38)/t24?,27-,29+,30+/m1/s1. The summed E-state index contributed by atoms with van der Waals surface area (Å²) in [5, 5.41) is 5.66. The number of amides is 3. The molecular weight excluding hydrogens is 514 g/mol. The van der Waals surface area contributed by atoms with Crippen LogP contribution in [0, 0.1) is 6.92 Å². The molecule has 7 heteroatoms. The fourth-order valence-electron chi connectivity index (χ4n) is 5.55. The monoisotopic (exact) mass is 555 g/mol. The van der Waals surface area contributed by atoms with Crippen LogP contribution < -0.4 is 15.4 Å². The molecule has 1 fully saturated rings. The first kappa shape index (κ1) is 29.8. The highest BCUT2D eigenvalue weighted by Gasteiger charge is 2.42. The van der Waals surface area contributed by atoms with E-state index in [1.54, 1.807) is 11.9 Å². The van der Waals surface area contributed by atoms with Gasteiger partial charge in [0.05, 0.1) is 0 Å². The lowest BCUT2D eigenvalue weighted by Gasteiger charge is -2.29. The SMILES string of the molecule is CCC(C)c1ccccc1OCC(=O)N[C@@H](Cc1cccc(C)c1)C(=O)N1C[C@H](c2ccccc2)C[C@H]1C(=O)NC. The van der Waals surface area contributed by atoms with Gasteiger partial charge in [0.1, 0.15) is 17.8 Å². The molecule has 7 nitrogen and oxygen atoms in total. The van der Waals surface area contributed by atoms with E-state index in [0.717, 1.165) is 28.7 Å². The topological polar surface area (TPSA) is 87.7 Å². The van der Waals surface area contributed by atoms with Crippen molar-refractivity contribution in [3.05, 3.63) is 101 Å². The van der Waals surface area contributed by atoms with Gasteiger partial charge >= 0.3 is 0 Å². The summed E-state index contributed by atoms with van der Waals surface area (Å²) >= 11 is 0. The molecule has 0 saturated carbocycles. The highest BCUT2D eigenvalue weighted by atomic mass is 16.5. The van der Waals surface area contributed by atoms with Gasteiger partial charge in [0.15, 0.2) is 6.61 Å². The molecule has 41 heavy (non-hydrogen) atoms.